The van der Waals surface area contributed by atoms with Gasteiger partial charge in [0, 0.05) is 25.2 Å². The van der Waals surface area contributed by atoms with E-state index in [0.29, 0.717) is 12.5 Å². The number of carbonyl (C=O) groups is 2. The van der Waals surface area contributed by atoms with Gasteiger partial charge in [-0.05, 0) is 51.3 Å². The van der Waals surface area contributed by atoms with Crippen molar-refractivity contribution >= 4 is 17.7 Å². The van der Waals surface area contributed by atoms with Gasteiger partial charge in [-0.15, -0.1) is 0 Å². The van der Waals surface area contributed by atoms with E-state index < -0.39 is 0 Å². The van der Waals surface area contributed by atoms with Crippen LogP contribution < -0.4 is 10.6 Å². The summed E-state index contributed by atoms with van der Waals surface area (Å²) in [7, 11) is 0. The second-order valence-electron chi connectivity index (χ2n) is 7.20. The van der Waals surface area contributed by atoms with Gasteiger partial charge in [-0.25, -0.2) is 4.79 Å². The molecule has 136 valence electrons. The van der Waals surface area contributed by atoms with Crippen LogP contribution in [0.25, 0.3) is 0 Å². The first-order valence-corrected chi connectivity index (χ1v) is 9.07. The van der Waals surface area contributed by atoms with Crippen LogP contribution in [-0.2, 0) is 9.53 Å². The van der Waals surface area contributed by atoms with Crippen LogP contribution in [0.4, 0.5) is 10.5 Å². The number of urea groups is 1. The molecule has 0 bridgehead atoms. The minimum Gasteiger partial charge on any atom is -0.461 e. The molecule has 2 N–H and O–H groups in total. The number of nitrogens with zero attached hydrogens (tertiary/aromatic N) is 1. The second-order valence-corrected chi connectivity index (χ2v) is 7.20. The van der Waals surface area contributed by atoms with Crippen molar-refractivity contribution in [1.29, 1.82) is 0 Å². The summed E-state index contributed by atoms with van der Waals surface area (Å²) in [5, 5.41) is 5.80. The van der Waals surface area contributed by atoms with E-state index in [2.05, 4.69) is 15.5 Å². The third-order valence-electron chi connectivity index (χ3n) is 5.00. The van der Waals surface area contributed by atoms with Gasteiger partial charge in [0.05, 0.1) is 0 Å². The summed E-state index contributed by atoms with van der Waals surface area (Å²) in [5.74, 6) is 0.263. The number of hydrogen-bond donors (Lipinski definition) is 2. The van der Waals surface area contributed by atoms with Crippen molar-refractivity contribution < 1.29 is 14.3 Å². The van der Waals surface area contributed by atoms with Crippen molar-refractivity contribution in [3.8, 4) is 0 Å². The molecule has 2 amide bonds. The number of amides is 2. The summed E-state index contributed by atoms with van der Waals surface area (Å²) in [6.07, 6.45) is 2.89. The predicted octanol–water partition coefficient (Wildman–Crippen LogP) is 2.53. The normalized spacial score (nSPS) is 27.0. The number of likely N-dealkylation sites (tertiary alicyclic amines) is 1. The summed E-state index contributed by atoms with van der Waals surface area (Å²) < 4.78 is 5.27. The molecular weight excluding hydrogens is 318 g/mol. The van der Waals surface area contributed by atoms with Gasteiger partial charge in [-0.2, -0.15) is 0 Å². The molecule has 25 heavy (non-hydrogen) atoms. The number of ether oxygens (including phenoxy) is 1. The molecule has 2 fully saturated rings. The summed E-state index contributed by atoms with van der Waals surface area (Å²) in [6.45, 7) is 6.33. The fraction of sp³-hybridized carbons (Fsp3) is 0.579. The smallest absolute Gasteiger partial charge is 0.323 e. The minimum atomic E-state index is -0.185. The maximum atomic E-state index is 12.1. The summed E-state index contributed by atoms with van der Waals surface area (Å²) >= 11 is 0. The van der Waals surface area contributed by atoms with E-state index in [1.54, 1.807) is 0 Å². The fourth-order valence-corrected chi connectivity index (χ4v) is 3.63. The fourth-order valence-electron chi connectivity index (χ4n) is 3.63. The van der Waals surface area contributed by atoms with Gasteiger partial charge in [0.15, 0.2) is 0 Å². The highest BCUT2D eigenvalue weighted by Gasteiger charge is 2.38. The van der Waals surface area contributed by atoms with E-state index in [-0.39, 0.29) is 24.1 Å². The molecule has 3 rings (SSSR count). The van der Waals surface area contributed by atoms with Crippen LogP contribution in [0, 0.1) is 12.8 Å². The number of nitrogens with one attached hydrogen (secondary N) is 2. The Bertz CT molecular complexity index is 617. The summed E-state index contributed by atoms with van der Waals surface area (Å²) in [6, 6.07) is 7.43. The zero-order valence-electron chi connectivity index (χ0n) is 15.0. The summed E-state index contributed by atoms with van der Waals surface area (Å²) in [4.78, 5) is 26.2. The number of piperidine rings is 1. The predicted molar refractivity (Wildman–Crippen MR) is 96.5 cm³/mol. The zero-order valence-corrected chi connectivity index (χ0v) is 15.0. The van der Waals surface area contributed by atoms with Crippen molar-refractivity contribution in [2.24, 2.45) is 5.92 Å². The minimum absolute atomic E-state index is 0.0105. The van der Waals surface area contributed by atoms with Crippen molar-refractivity contribution in [2.45, 2.75) is 45.3 Å². The van der Waals surface area contributed by atoms with Gasteiger partial charge < -0.3 is 15.4 Å². The van der Waals surface area contributed by atoms with Crippen molar-refractivity contribution in [1.82, 2.24) is 10.2 Å². The lowest BCUT2D eigenvalue weighted by atomic mass is 9.96. The van der Waals surface area contributed by atoms with E-state index in [0.717, 1.165) is 43.6 Å². The number of benzene rings is 1. The molecule has 0 radical (unpaired) electrons. The lowest BCUT2D eigenvalue weighted by Crippen LogP contribution is -2.47. The zero-order chi connectivity index (χ0) is 17.8. The Morgan fingerprint density at radius 3 is 2.76 bits per heavy atom. The molecule has 3 atom stereocenters. The Morgan fingerprint density at radius 1 is 1.32 bits per heavy atom. The number of carbonyl (C=O) groups excluding carboxylic acids is 2. The highest BCUT2D eigenvalue weighted by atomic mass is 16.6. The van der Waals surface area contributed by atoms with Crippen LogP contribution in [-0.4, -0.2) is 48.7 Å². The molecule has 0 aliphatic carbocycles. The van der Waals surface area contributed by atoms with Crippen molar-refractivity contribution in [2.75, 3.05) is 25.0 Å². The molecule has 2 saturated heterocycles. The quantitative estimate of drug-likeness (QED) is 0.823. The Labute approximate surface area is 148 Å². The Balaban J connectivity index is 1.45. The molecule has 0 saturated carbocycles. The van der Waals surface area contributed by atoms with Crippen LogP contribution in [0.1, 0.15) is 31.7 Å². The molecule has 0 aromatic heterocycles. The molecule has 1 aromatic rings. The third-order valence-corrected chi connectivity index (χ3v) is 5.00. The Kier molecular flexibility index (Phi) is 5.58. The Morgan fingerprint density at radius 2 is 2.08 bits per heavy atom. The first-order valence-electron chi connectivity index (χ1n) is 9.07. The molecule has 1 aromatic carbocycles. The van der Waals surface area contributed by atoms with Crippen LogP contribution in [0.15, 0.2) is 24.3 Å². The van der Waals surface area contributed by atoms with E-state index >= 15 is 0 Å². The van der Waals surface area contributed by atoms with E-state index in [1.807, 2.05) is 38.1 Å². The van der Waals surface area contributed by atoms with Crippen LogP contribution in [0.3, 0.4) is 0 Å². The molecule has 0 spiro atoms. The maximum absolute atomic E-state index is 12.1. The Hall–Kier alpha value is -2.08. The van der Waals surface area contributed by atoms with Crippen molar-refractivity contribution in [3.05, 3.63) is 29.8 Å². The number of anilines is 1. The van der Waals surface area contributed by atoms with E-state index in [4.69, 9.17) is 4.74 Å². The number of rotatable bonds is 4. The first kappa shape index (κ1) is 17.7. The van der Waals surface area contributed by atoms with Gasteiger partial charge in [-0.3, -0.25) is 9.69 Å². The topological polar surface area (TPSA) is 70.7 Å². The molecule has 2 heterocycles. The molecular formula is C19H27N3O3. The lowest BCUT2D eigenvalue weighted by Gasteiger charge is -2.35. The number of esters is 1. The average molecular weight is 345 g/mol. The average Bonchev–Trinajstić information content (AvgIpc) is 2.94. The lowest BCUT2D eigenvalue weighted by molar-refractivity contribution is -0.145. The van der Waals surface area contributed by atoms with Crippen LogP contribution in [0.2, 0.25) is 0 Å². The van der Waals surface area contributed by atoms with Gasteiger partial charge in [0.2, 0.25) is 0 Å². The first-order chi connectivity index (χ1) is 12.0. The maximum Gasteiger partial charge on any atom is 0.323 e. The molecule has 6 heteroatoms. The van der Waals surface area contributed by atoms with Crippen LogP contribution >= 0.6 is 0 Å². The van der Waals surface area contributed by atoms with Gasteiger partial charge in [0.1, 0.15) is 12.1 Å². The third kappa shape index (κ3) is 4.72. The van der Waals surface area contributed by atoms with Crippen LogP contribution in [0.5, 0.6) is 0 Å². The molecule has 6 nitrogen and oxygen atoms in total. The van der Waals surface area contributed by atoms with Gasteiger partial charge in [-0.1, -0.05) is 17.7 Å². The van der Waals surface area contributed by atoms with Gasteiger partial charge >= 0.3 is 12.0 Å². The number of aryl methyl sites for hydroxylation is 1. The standard InChI is InChI=1S/C19H27N3O3/c1-13-5-7-16(8-6-13)21-19(24)20-11-15-4-3-9-22(12-15)17-10-14(2)25-18(17)23/h5-8,14-15,17H,3-4,9-12H2,1-2H3,(H2,20,21,24). The largest absolute Gasteiger partial charge is 0.461 e. The SMILES string of the molecule is Cc1ccc(NC(=O)NCC2CCCN(C3CC(C)OC3=O)C2)cc1. The van der Waals surface area contributed by atoms with E-state index in [1.165, 1.54) is 0 Å². The molecule has 2 aliphatic rings. The second kappa shape index (κ2) is 7.87. The molecule has 3 unspecified atom stereocenters. The summed E-state index contributed by atoms with van der Waals surface area (Å²) in [5.41, 5.74) is 1.95. The highest BCUT2D eigenvalue weighted by Crippen LogP contribution is 2.25. The van der Waals surface area contributed by atoms with Gasteiger partial charge in [0.25, 0.3) is 0 Å². The number of hydrogen-bond acceptors (Lipinski definition) is 4. The number of cyclic esters (lactones) is 1. The van der Waals surface area contributed by atoms with E-state index in [9.17, 15) is 9.59 Å². The monoisotopic (exact) mass is 345 g/mol. The highest BCUT2D eigenvalue weighted by molar-refractivity contribution is 5.89. The van der Waals surface area contributed by atoms with Crippen molar-refractivity contribution in [3.63, 3.8) is 0 Å². The molecule has 2 aliphatic heterocycles.